The number of halogens is 2. The molecule has 7 heteroatoms. The summed E-state index contributed by atoms with van der Waals surface area (Å²) >= 11 is 6.26. The third-order valence-electron chi connectivity index (χ3n) is 4.82. The van der Waals surface area contributed by atoms with Crippen LogP contribution in [0.2, 0.25) is 5.02 Å². The van der Waals surface area contributed by atoms with Gasteiger partial charge in [-0.2, -0.15) is 0 Å². The van der Waals surface area contributed by atoms with E-state index in [-0.39, 0.29) is 36.1 Å². The number of anilines is 1. The van der Waals surface area contributed by atoms with Gasteiger partial charge in [0.2, 0.25) is 5.91 Å². The van der Waals surface area contributed by atoms with Crippen molar-refractivity contribution in [2.75, 3.05) is 25.0 Å². The van der Waals surface area contributed by atoms with Crippen molar-refractivity contribution in [3.05, 3.63) is 28.8 Å². The first-order chi connectivity index (χ1) is 11.5. The fraction of sp³-hybridized carbons (Fsp3) is 0.556. The van der Waals surface area contributed by atoms with Gasteiger partial charge in [-0.25, -0.2) is 0 Å². The molecule has 25 heavy (non-hydrogen) atoms. The Labute approximate surface area is 160 Å². The van der Waals surface area contributed by atoms with E-state index in [1.807, 2.05) is 13.8 Å². The highest BCUT2D eigenvalue weighted by atomic mass is 35.5. The van der Waals surface area contributed by atoms with Crippen molar-refractivity contribution >= 4 is 41.5 Å². The molecule has 0 spiro atoms. The molecule has 2 atom stereocenters. The van der Waals surface area contributed by atoms with Crippen LogP contribution in [0.5, 0.6) is 0 Å². The Morgan fingerprint density at radius 2 is 1.96 bits per heavy atom. The summed E-state index contributed by atoms with van der Waals surface area (Å²) in [5.74, 6) is 0.110. The molecule has 1 aromatic carbocycles. The van der Waals surface area contributed by atoms with E-state index in [9.17, 15) is 9.59 Å². The Kier molecular flexibility index (Phi) is 8.69. The Balaban J connectivity index is 0.00000312. The summed E-state index contributed by atoms with van der Waals surface area (Å²) in [5, 5.41) is 3.26. The monoisotopic (exact) mass is 387 g/mol. The van der Waals surface area contributed by atoms with Crippen molar-refractivity contribution in [3.8, 4) is 0 Å². The van der Waals surface area contributed by atoms with Gasteiger partial charge in [0, 0.05) is 24.7 Å². The van der Waals surface area contributed by atoms with E-state index < -0.39 is 0 Å². The number of carbonyl (C=O) groups is 2. The van der Waals surface area contributed by atoms with Crippen LogP contribution in [0.3, 0.4) is 0 Å². The molecule has 0 radical (unpaired) electrons. The van der Waals surface area contributed by atoms with E-state index >= 15 is 0 Å². The van der Waals surface area contributed by atoms with Crippen molar-refractivity contribution in [1.29, 1.82) is 0 Å². The van der Waals surface area contributed by atoms with Gasteiger partial charge in [-0.05, 0) is 57.4 Å². The SMILES string of the molecule is CCN(CC)C(=O)c1ccc(NC(=O)[C@@H]2CCC[C@@H]2CN)cc1Cl.Cl. The lowest BCUT2D eigenvalue weighted by atomic mass is 9.95. The molecule has 0 unspecified atom stereocenters. The lowest BCUT2D eigenvalue weighted by molar-refractivity contribution is -0.120. The lowest BCUT2D eigenvalue weighted by Crippen LogP contribution is -2.31. The molecule has 2 amide bonds. The van der Waals surface area contributed by atoms with Crippen molar-refractivity contribution in [1.82, 2.24) is 4.90 Å². The fourth-order valence-corrected chi connectivity index (χ4v) is 3.61. The van der Waals surface area contributed by atoms with E-state index in [1.54, 1.807) is 23.1 Å². The molecular formula is C18H27Cl2N3O2. The highest BCUT2D eigenvalue weighted by molar-refractivity contribution is 6.34. The molecule has 0 saturated heterocycles. The molecule has 3 N–H and O–H groups in total. The van der Waals surface area contributed by atoms with Crippen LogP contribution < -0.4 is 11.1 Å². The third-order valence-corrected chi connectivity index (χ3v) is 5.13. The number of nitrogens with two attached hydrogens (primary N) is 1. The molecule has 0 aliphatic heterocycles. The quantitative estimate of drug-likeness (QED) is 0.783. The van der Waals surface area contributed by atoms with Gasteiger partial charge < -0.3 is 16.0 Å². The zero-order valence-corrected chi connectivity index (χ0v) is 16.3. The van der Waals surface area contributed by atoms with Gasteiger partial charge >= 0.3 is 0 Å². The number of carbonyl (C=O) groups excluding carboxylic acids is 2. The minimum absolute atomic E-state index is 0. The van der Waals surface area contributed by atoms with Crippen LogP contribution in [0.1, 0.15) is 43.5 Å². The number of hydrogen-bond acceptors (Lipinski definition) is 3. The van der Waals surface area contributed by atoms with Crippen molar-refractivity contribution in [2.45, 2.75) is 33.1 Å². The van der Waals surface area contributed by atoms with Gasteiger partial charge in [-0.1, -0.05) is 18.0 Å². The summed E-state index contributed by atoms with van der Waals surface area (Å²) in [6.07, 6.45) is 2.92. The molecule has 1 aromatic rings. The summed E-state index contributed by atoms with van der Waals surface area (Å²) in [4.78, 5) is 26.5. The van der Waals surface area contributed by atoms with E-state index in [1.165, 1.54) is 0 Å². The van der Waals surface area contributed by atoms with Crippen LogP contribution in [0.25, 0.3) is 0 Å². The number of nitrogens with zero attached hydrogens (tertiary/aromatic N) is 1. The van der Waals surface area contributed by atoms with Crippen LogP contribution in [0.4, 0.5) is 5.69 Å². The number of rotatable bonds is 6. The zero-order chi connectivity index (χ0) is 17.7. The van der Waals surface area contributed by atoms with Crippen LogP contribution >= 0.6 is 24.0 Å². The number of hydrogen-bond donors (Lipinski definition) is 2. The zero-order valence-electron chi connectivity index (χ0n) is 14.8. The van der Waals surface area contributed by atoms with Crippen LogP contribution in [0.15, 0.2) is 18.2 Å². The third kappa shape index (κ3) is 5.09. The standard InChI is InChI=1S/C18H26ClN3O2.ClH/c1-3-22(4-2)18(24)15-9-8-13(10-16(15)19)21-17(23)14-7-5-6-12(14)11-20;/h8-10,12,14H,3-7,11,20H2,1-2H3,(H,21,23);1H/t12-,14-;/m1./s1. The highest BCUT2D eigenvalue weighted by Gasteiger charge is 2.32. The molecule has 1 saturated carbocycles. The maximum absolute atomic E-state index is 12.4. The molecule has 1 aliphatic carbocycles. The summed E-state index contributed by atoms with van der Waals surface area (Å²) < 4.78 is 0. The van der Waals surface area contributed by atoms with Crippen molar-refractivity contribution in [3.63, 3.8) is 0 Å². The molecule has 0 bridgehead atoms. The number of nitrogens with one attached hydrogen (secondary N) is 1. The van der Waals surface area contributed by atoms with E-state index in [2.05, 4.69) is 5.32 Å². The topological polar surface area (TPSA) is 75.4 Å². The van der Waals surface area contributed by atoms with E-state index in [4.69, 9.17) is 17.3 Å². The van der Waals surface area contributed by atoms with Gasteiger partial charge in [0.25, 0.3) is 5.91 Å². The maximum Gasteiger partial charge on any atom is 0.255 e. The van der Waals surface area contributed by atoms with E-state index in [0.29, 0.717) is 35.9 Å². The predicted molar refractivity (Wildman–Crippen MR) is 104 cm³/mol. The first-order valence-electron chi connectivity index (χ1n) is 8.61. The van der Waals surface area contributed by atoms with Crippen molar-refractivity contribution in [2.24, 2.45) is 17.6 Å². The molecule has 1 fully saturated rings. The highest BCUT2D eigenvalue weighted by Crippen LogP contribution is 2.32. The molecule has 2 rings (SSSR count). The minimum atomic E-state index is -0.0955. The smallest absolute Gasteiger partial charge is 0.255 e. The van der Waals surface area contributed by atoms with Gasteiger partial charge in [0.1, 0.15) is 0 Å². The second kappa shape index (κ2) is 10.00. The largest absolute Gasteiger partial charge is 0.339 e. The van der Waals surface area contributed by atoms with E-state index in [0.717, 1.165) is 19.3 Å². The normalized spacial score (nSPS) is 19.2. The van der Waals surface area contributed by atoms with Crippen molar-refractivity contribution < 1.29 is 9.59 Å². The molecule has 140 valence electrons. The molecule has 5 nitrogen and oxygen atoms in total. The fourth-order valence-electron chi connectivity index (χ4n) is 3.35. The van der Waals surface area contributed by atoms with Gasteiger partial charge in [-0.15, -0.1) is 12.4 Å². The molecule has 0 heterocycles. The Morgan fingerprint density at radius 3 is 2.52 bits per heavy atom. The molecular weight excluding hydrogens is 361 g/mol. The Morgan fingerprint density at radius 1 is 1.28 bits per heavy atom. The van der Waals surface area contributed by atoms with Gasteiger partial charge in [0.15, 0.2) is 0 Å². The Bertz CT molecular complexity index is 606. The number of benzene rings is 1. The first kappa shape index (κ1) is 21.7. The summed E-state index contributed by atoms with van der Waals surface area (Å²) in [6.45, 7) is 5.66. The molecule has 1 aliphatic rings. The molecule has 0 aromatic heterocycles. The average Bonchev–Trinajstić information content (AvgIpc) is 3.04. The average molecular weight is 388 g/mol. The second-order valence-electron chi connectivity index (χ2n) is 6.19. The first-order valence-corrected chi connectivity index (χ1v) is 8.99. The summed E-state index contributed by atoms with van der Waals surface area (Å²) in [7, 11) is 0. The summed E-state index contributed by atoms with van der Waals surface area (Å²) in [5.41, 5.74) is 6.82. The number of amides is 2. The lowest BCUT2D eigenvalue weighted by Gasteiger charge is -2.20. The Hall–Kier alpha value is -1.30. The van der Waals surface area contributed by atoms with Crippen LogP contribution in [0, 0.1) is 11.8 Å². The van der Waals surface area contributed by atoms with Crippen LogP contribution in [-0.2, 0) is 4.79 Å². The predicted octanol–water partition coefficient (Wildman–Crippen LogP) is 3.56. The maximum atomic E-state index is 12.4. The van der Waals surface area contributed by atoms with Gasteiger partial charge in [0.05, 0.1) is 10.6 Å². The minimum Gasteiger partial charge on any atom is -0.339 e. The van der Waals surface area contributed by atoms with Crippen LogP contribution in [-0.4, -0.2) is 36.3 Å². The second-order valence-corrected chi connectivity index (χ2v) is 6.60. The summed E-state index contributed by atoms with van der Waals surface area (Å²) in [6, 6.07) is 5.04. The van der Waals surface area contributed by atoms with Gasteiger partial charge in [-0.3, -0.25) is 9.59 Å².